The van der Waals surface area contributed by atoms with Crippen LogP contribution in [0.15, 0.2) is 90.3 Å². The molecule has 0 aromatic heterocycles. The number of anilines is 1. The first kappa shape index (κ1) is 21.2. The monoisotopic (exact) mass is 429 g/mol. The Balaban J connectivity index is 1.92. The topological polar surface area (TPSA) is 65.1 Å². The summed E-state index contributed by atoms with van der Waals surface area (Å²) < 4.78 is 15.4. The van der Waals surface area contributed by atoms with E-state index in [1.54, 1.807) is 24.4 Å². The van der Waals surface area contributed by atoms with E-state index >= 15 is 0 Å². The van der Waals surface area contributed by atoms with Crippen LogP contribution < -0.4 is 9.64 Å². The third-order valence-electron chi connectivity index (χ3n) is 5.53. The standard InChI is InChI=1S/C26H23NO5/c1-30-19-13-11-18(12-14-19)27-15-22(25(28)31-2)24(23(16-27)26(29)32-3)21-10-6-8-17-7-4-5-9-20(17)21/h4-16,24H,1-3H3. The highest BCUT2D eigenvalue weighted by Gasteiger charge is 2.36. The Morgan fingerprint density at radius 3 is 1.94 bits per heavy atom. The van der Waals surface area contributed by atoms with Crippen molar-refractivity contribution in [2.75, 3.05) is 26.2 Å². The average molecular weight is 429 g/mol. The second-order valence-corrected chi connectivity index (χ2v) is 7.26. The minimum absolute atomic E-state index is 0.336. The van der Waals surface area contributed by atoms with E-state index in [0.29, 0.717) is 16.9 Å². The average Bonchev–Trinajstić information content (AvgIpc) is 2.86. The molecule has 0 saturated heterocycles. The van der Waals surface area contributed by atoms with Gasteiger partial charge in [0.05, 0.1) is 38.4 Å². The summed E-state index contributed by atoms with van der Waals surface area (Å²) in [6.45, 7) is 0. The molecule has 0 fully saturated rings. The number of nitrogens with zero attached hydrogens (tertiary/aromatic N) is 1. The zero-order valence-electron chi connectivity index (χ0n) is 18.1. The quantitative estimate of drug-likeness (QED) is 0.554. The van der Waals surface area contributed by atoms with E-state index in [1.165, 1.54) is 14.2 Å². The molecule has 32 heavy (non-hydrogen) atoms. The highest BCUT2D eigenvalue weighted by Crippen LogP contribution is 2.41. The van der Waals surface area contributed by atoms with Gasteiger partial charge in [0.15, 0.2) is 0 Å². The van der Waals surface area contributed by atoms with Gasteiger partial charge in [-0.1, -0.05) is 42.5 Å². The third-order valence-corrected chi connectivity index (χ3v) is 5.53. The Hall–Kier alpha value is -4.06. The van der Waals surface area contributed by atoms with Crippen molar-refractivity contribution in [1.29, 1.82) is 0 Å². The normalized spacial score (nSPS) is 13.9. The van der Waals surface area contributed by atoms with Crippen LogP contribution in [0.2, 0.25) is 0 Å². The molecule has 0 unspecified atom stereocenters. The predicted octanol–water partition coefficient (Wildman–Crippen LogP) is 4.57. The molecule has 6 nitrogen and oxygen atoms in total. The molecule has 0 saturated carbocycles. The third kappa shape index (κ3) is 3.83. The van der Waals surface area contributed by atoms with E-state index in [9.17, 15) is 9.59 Å². The molecule has 3 aromatic rings. The predicted molar refractivity (Wildman–Crippen MR) is 122 cm³/mol. The van der Waals surface area contributed by atoms with Crippen LogP contribution in [0.5, 0.6) is 5.75 Å². The number of hydrogen-bond donors (Lipinski definition) is 0. The lowest BCUT2D eigenvalue weighted by atomic mass is 9.81. The van der Waals surface area contributed by atoms with Gasteiger partial charge in [0.2, 0.25) is 0 Å². The van der Waals surface area contributed by atoms with Crippen LogP contribution in [0, 0.1) is 0 Å². The fraction of sp³-hybridized carbons (Fsp3) is 0.154. The van der Waals surface area contributed by atoms with Crippen molar-refractivity contribution < 1.29 is 23.8 Å². The zero-order chi connectivity index (χ0) is 22.7. The van der Waals surface area contributed by atoms with Crippen molar-refractivity contribution in [3.05, 3.63) is 95.8 Å². The molecule has 3 aromatic carbocycles. The van der Waals surface area contributed by atoms with Crippen LogP contribution in [0.25, 0.3) is 10.8 Å². The minimum Gasteiger partial charge on any atom is -0.497 e. The number of fused-ring (bicyclic) bond motifs is 1. The largest absolute Gasteiger partial charge is 0.497 e. The van der Waals surface area contributed by atoms with Gasteiger partial charge in [0.25, 0.3) is 0 Å². The summed E-state index contributed by atoms with van der Waals surface area (Å²) in [4.78, 5) is 27.5. The van der Waals surface area contributed by atoms with Gasteiger partial charge >= 0.3 is 11.9 Å². The first-order chi connectivity index (χ1) is 15.6. The van der Waals surface area contributed by atoms with Gasteiger partial charge in [0.1, 0.15) is 5.75 Å². The number of methoxy groups -OCH3 is 3. The maximum atomic E-state index is 12.9. The van der Waals surface area contributed by atoms with Crippen molar-refractivity contribution in [1.82, 2.24) is 0 Å². The summed E-state index contributed by atoms with van der Waals surface area (Å²) in [5, 5.41) is 1.96. The summed E-state index contributed by atoms with van der Waals surface area (Å²) in [7, 11) is 4.25. The van der Waals surface area contributed by atoms with E-state index < -0.39 is 17.9 Å². The molecule has 0 spiro atoms. The van der Waals surface area contributed by atoms with Gasteiger partial charge in [-0.15, -0.1) is 0 Å². The summed E-state index contributed by atoms with van der Waals surface area (Å²) in [5.74, 6) is -0.976. The minimum atomic E-state index is -0.643. The number of rotatable bonds is 5. The second-order valence-electron chi connectivity index (χ2n) is 7.26. The number of benzene rings is 3. The van der Waals surface area contributed by atoms with E-state index in [0.717, 1.165) is 22.0 Å². The lowest BCUT2D eigenvalue weighted by Gasteiger charge is -2.30. The Bertz CT molecular complexity index is 1190. The van der Waals surface area contributed by atoms with Crippen LogP contribution in [0.4, 0.5) is 5.69 Å². The number of carbonyl (C=O) groups is 2. The van der Waals surface area contributed by atoms with E-state index in [4.69, 9.17) is 14.2 Å². The van der Waals surface area contributed by atoms with Crippen molar-refractivity contribution >= 4 is 28.4 Å². The van der Waals surface area contributed by atoms with E-state index in [1.807, 2.05) is 66.7 Å². The SMILES string of the molecule is COC(=O)C1=CN(c2ccc(OC)cc2)C=C(C(=O)OC)C1c1cccc2ccccc12. The van der Waals surface area contributed by atoms with Crippen molar-refractivity contribution in [3.63, 3.8) is 0 Å². The molecule has 1 aliphatic heterocycles. The van der Waals surface area contributed by atoms with Gasteiger partial charge < -0.3 is 19.1 Å². The number of carbonyl (C=O) groups excluding carboxylic acids is 2. The van der Waals surface area contributed by atoms with E-state index in [-0.39, 0.29) is 0 Å². The highest BCUT2D eigenvalue weighted by atomic mass is 16.5. The fourth-order valence-electron chi connectivity index (χ4n) is 3.97. The Labute approximate surface area is 186 Å². The second kappa shape index (κ2) is 8.98. The van der Waals surface area contributed by atoms with E-state index in [2.05, 4.69) is 0 Å². The maximum absolute atomic E-state index is 12.9. The van der Waals surface area contributed by atoms with Crippen LogP contribution >= 0.6 is 0 Å². The molecule has 0 amide bonds. The van der Waals surface area contributed by atoms with Crippen LogP contribution in [0.3, 0.4) is 0 Å². The maximum Gasteiger partial charge on any atom is 0.336 e. The summed E-state index contributed by atoms with van der Waals surface area (Å²) >= 11 is 0. The molecule has 6 heteroatoms. The first-order valence-electron chi connectivity index (χ1n) is 10.1. The molecule has 0 aliphatic carbocycles. The Kier molecular flexibility index (Phi) is 5.94. The van der Waals surface area contributed by atoms with Crippen LogP contribution in [0.1, 0.15) is 11.5 Å². The number of esters is 2. The zero-order valence-corrected chi connectivity index (χ0v) is 18.1. The first-order valence-corrected chi connectivity index (χ1v) is 10.1. The molecule has 1 aliphatic rings. The lowest BCUT2D eigenvalue weighted by Crippen LogP contribution is -2.28. The number of hydrogen-bond acceptors (Lipinski definition) is 6. The summed E-state index contributed by atoms with van der Waals surface area (Å²) in [6.07, 6.45) is 3.40. The van der Waals surface area contributed by atoms with Gasteiger partial charge in [-0.25, -0.2) is 9.59 Å². The molecule has 4 rings (SSSR count). The highest BCUT2D eigenvalue weighted by molar-refractivity contribution is 6.02. The van der Waals surface area contributed by atoms with Crippen LogP contribution in [-0.2, 0) is 19.1 Å². The van der Waals surface area contributed by atoms with Crippen LogP contribution in [-0.4, -0.2) is 33.3 Å². The molecule has 0 bridgehead atoms. The smallest absolute Gasteiger partial charge is 0.336 e. The van der Waals surface area contributed by atoms with Gasteiger partial charge in [-0.2, -0.15) is 0 Å². The molecule has 1 heterocycles. The molecule has 162 valence electrons. The molecule has 0 radical (unpaired) electrons. The fourth-order valence-corrected chi connectivity index (χ4v) is 3.97. The Morgan fingerprint density at radius 2 is 1.34 bits per heavy atom. The molecular weight excluding hydrogens is 406 g/mol. The van der Waals surface area contributed by atoms with Crippen molar-refractivity contribution in [3.8, 4) is 5.75 Å². The van der Waals surface area contributed by atoms with Gasteiger partial charge in [0, 0.05) is 18.1 Å². The lowest BCUT2D eigenvalue weighted by molar-refractivity contribution is -0.137. The van der Waals surface area contributed by atoms with Gasteiger partial charge in [-0.05, 0) is 40.6 Å². The summed E-state index contributed by atoms with van der Waals surface area (Å²) in [5.41, 5.74) is 2.25. The van der Waals surface area contributed by atoms with Crippen molar-refractivity contribution in [2.45, 2.75) is 5.92 Å². The molecule has 0 N–H and O–H groups in total. The number of ether oxygens (including phenoxy) is 3. The molecule has 0 atom stereocenters. The van der Waals surface area contributed by atoms with Gasteiger partial charge in [-0.3, -0.25) is 0 Å². The Morgan fingerprint density at radius 1 is 0.750 bits per heavy atom. The van der Waals surface area contributed by atoms with Crippen molar-refractivity contribution in [2.24, 2.45) is 0 Å². The molecular formula is C26H23NO5. The summed E-state index contributed by atoms with van der Waals surface area (Å²) in [6, 6.07) is 21.0.